The van der Waals surface area contributed by atoms with Gasteiger partial charge in [0.15, 0.2) is 5.96 Å². The number of nitrogens with zero attached hydrogens (tertiary/aromatic N) is 2. The van der Waals surface area contributed by atoms with Crippen LogP contribution in [0.4, 0.5) is 0 Å². The van der Waals surface area contributed by atoms with E-state index in [2.05, 4.69) is 36.3 Å². The number of rotatable bonds is 8. The number of guanidine groups is 1. The number of halogens is 1. The zero-order chi connectivity index (χ0) is 18.4. The number of likely N-dealkylation sites (tertiary alicyclic amines) is 1. The Morgan fingerprint density at radius 1 is 1.15 bits per heavy atom. The first-order valence-electron chi connectivity index (χ1n) is 11.1. The molecular formula is C21H41IN4O. The fraction of sp³-hybridized carbons (Fsp3) is 0.952. The van der Waals surface area contributed by atoms with Crippen LogP contribution in [0.3, 0.4) is 0 Å². The summed E-state index contributed by atoms with van der Waals surface area (Å²) < 4.78 is 6.00. The van der Waals surface area contributed by atoms with Crippen LogP contribution in [-0.4, -0.2) is 61.8 Å². The van der Waals surface area contributed by atoms with Crippen LogP contribution < -0.4 is 10.6 Å². The quantitative estimate of drug-likeness (QED) is 0.308. The Balaban J connectivity index is 0.00000261. The van der Waals surface area contributed by atoms with E-state index in [9.17, 15) is 0 Å². The van der Waals surface area contributed by atoms with Crippen molar-refractivity contribution in [2.24, 2.45) is 10.4 Å². The van der Waals surface area contributed by atoms with Crippen molar-refractivity contribution in [3.63, 3.8) is 0 Å². The fourth-order valence-electron chi connectivity index (χ4n) is 4.97. The van der Waals surface area contributed by atoms with Gasteiger partial charge >= 0.3 is 0 Å². The molecule has 5 nitrogen and oxygen atoms in total. The summed E-state index contributed by atoms with van der Waals surface area (Å²) in [5.41, 5.74) is 0.385. The molecule has 1 heterocycles. The molecule has 0 amide bonds. The molecule has 1 saturated heterocycles. The highest BCUT2D eigenvalue weighted by Crippen LogP contribution is 2.57. The lowest BCUT2D eigenvalue weighted by atomic mass is 9.51. The molecule has 2 N–H and O–H groups in total. The van der Waals surface area contributed by atoms with Gasteiger partial charge < -0.3 is 20.3 Å². The first-order valence-corrected chi connectivity index (χ1v) is 11.1. The first-order chi connectivity index (χ1) is 12.7. The first kappa shape index (κ1) is 23.2. The lowest BCUT2D eigenvalue weighted by Crippen LogP contribution is -2.69. The van der Waals surface area contributed by atoms with Gasteiger partial charge in [0.25, 0.3) is 0 Å². The van der Waals surface area contributed by atoms with Crippen molar-refractivity contribution in [2.45, 2.75) is 90.3 Å². The maximum atomic E-state index is 6.00. The molecule has 2 aliphatic carbocycles. The molecule has 2 atom stereocenters. The lowest BCUT2D eigenvalue weighted by Gasteiger charge is -2.61. The van der Waals surface area contributed by atoms with Gasteiger partial charge in [-0.1, -0.05) is 19.8 Å². The normalized spacial score (nSPS) is 28.2. The van der Waals surface area contributed by atoms with Crippen LogP contribution in [0.15, 0.2) is 4.99 Å². The molecule has 3 rings (SSSR count). The van der Waals surface area contributed by atoms with E-state index in [0.29, 0.717) is 23.6 Å². The van der Waals surface area contributed by atoms with Crippen molar-refractivity contribution in [1.29, 1.82) is 0 Å². The van der Waals surface area contributed by atoms with E-state index in [4.69, 9.17) is 9.73 Å². The predicted octanol–water partition coefficient (Wildman–Crippen LogP) is 3.77. The van der Waals surface area contributed by atoms with Crippen molar-refractivity contribution in [3.8, 4) is 0 Å². The average molecular weight is 492 g/mol. The molecular weight excluding hydrogens is 451 g/mol. The van der Waals surface area contributed by atoms with Crippen LogP contribution in [0.5, 0.6) is 0 Å². The topological polar surface area (TPSA) is 48.9 Å². The molecule has 6 heteroatoms. The van der Waals surface area contributed by atoms with E-state index < -0.39 is 0 Å². The number of piperidine rings is 1. The van der Waals surface area contributed by atoms with Gasteiger partial charge in [0.1, 0.15) is 0 Å². The molecule has 0 radical (unpaired) electrons. The van der Waals surface area contributed by atoms with Gasteiger partial charge in [0.2, 0.25) is 0 Å². The SMILES string of the molecule is CCCCN1CCC(NC(=NCC)NC2CC(OCC)C23CCC3)CC1.I. The van der Waals surface area contributed by atoms with Crippen LogP contribution in [0.25, 0.3) is 0 Å². The smallest absolute Gasteiger partial charge is 0.191 e. The highest BCUT2D eigenvalue weighted by molar-refractivity contribution is 14.0. The molecule has 0 bridgehead atoms. The Morgan fingerprint density at radius 2 is 1.89 bits per heavy atom. The van der Waals surface area contributed by atoms with Crippen molar-refractivity contribution >= 4 is 29.9 Å². The van der Waals surface area contributed by atoms with Gasteiger partial charge in [-0.2, -0.15) is 0 Å². The van der Waals surface area contributed by atoms with Crippen LogP contribution in [0, 0.1) is 5.41 Å². The van der Waals surface area contributed by atoms with Gasteiger partial charge in [-0.3, -0.25) is 4.99 Å². The molecule has 2 saturated carbocycles. The fourth-order valence-corrected chi connectivity index (χ4v) is 4.97. The van der Waals surface area contributed by atoms with Gasteiger partial charge in [0.05, 0.1) is 6.10 Å². The minimum atomic E-state index is 0. The summed E-state index contributed by atoms with van der Waals surface area (Å²) in [7, 11) is 0. The van der Waals surface area contributed by atoms with Crippen molar-refractivity contribution < 1.29 is 4.74 Å². The molecule has 1 spiro atoms. The van der Waals surface area contributed by atoms with Crippen LogP contribution in [0.1, 0.15) is 72.1 Å². The van der Waals surface area contributed by atoms with Crippen LogP contribution in [0.2, 0.25) is 0 Å². The number of ether oxygens (including phenoxy) is 1. The highest BCUT2D eigenvalue weighted by atomic mass is 127. The number of unbranched alkanes of at least 4 members (excludes halogenated alkanes) is 1. The Bertz CT molecular complexity index is 461. The zero-order valence-electron chi connectivity index (χ0n) is 17.6. The van der Waals surface area contributed by atoms with Crippen molar-refractivity contribution in [1.82, 2.24) is 15.5 Å². The van der Waals surface area contributed by atoms with Crippen molar-refractivity contribution in [3.05, 3.63) is 0 Å². The number of hydrogen-bond acceptors (Lipinski definition) is 3. The van der Waals surface area contributed by atoms with E-state index in [-0.39, 0.29) is 24.0 Å². The van der Waals surface area contributed by atoms with Gasteiger partial charge in [-0.15, -0.1) is 24.0 Å². The van der Waals surface area contributed by atoms with Gasteiger partial charge in [-0.25, -0.2) is 0 Å². The Hall–Kier alpha value is -0.0800. The van der Waals surface area contributed by atoms with E-state index in [0.717, 1.165) is 25.5 Å². The lowest BCUT2D eigenvalue weighted by molar-refractivity contribution is -0.168. The van der Waals surface area contributed by atoms with E-state index in [1.165, 1.54) is 64.6 Å². The van der Waals surface area contributed by atoms with Crippen LogP contribution >= 0.6 is 24.0 Å². The molecule has 3 fully saturated rings. The molecule has 0 aromatic rings. The standard InChI is InChI=1S/C21H40N4O.HI/c1-4-7-13-25-14-9-17(10-15-25)23-20(22-5-2)24-18-16-19(26-6-3)21(18)11-8-12-21;/h17-19H,4-16H2,1-3H3,(H2,22,23,24);1H. The second kappa shape index (κ2) is 11.2. The molecule has 158 valence electrons. The van der Waals surface area contributed by atoms with E-state index in [1.54, 1.807) is 0 Å². The highest BCUT2D eigenvalue weighted by Gasteiger charge is 2.59. The van der Waals surface area contributed by atoms with E-state index >= 15 is 0 Å². The Labute approximate surface area is 183 Å². The number of nitrogens with one attached hydrogen (secondary N) is 2. The summed E-state index contributed by atoms with van der Waals surface area (Å²) in [6, 6.07) is 1.10. The maximum absolute atomic E-state index is 6.00. The third-order valence-corrected chi connectivity index (χ3v) is 6.82. The summed E-state index contributed by atoms with van der Waals surface area (Å²) in [5, 5.41) is 7.51. The predicted molar refractivity (Wildman–Crippen MR) is 124 cm³/mol. The Kier molecular flexibility index (Phi) is 9.62. The molecule has 27 heavy (non-hydrogen) atoms. The summed E-state index contributed by atoms with van der Waals surface area (Å²) in [6.07, 6.45) is 10.6. The monoisotopic (exact) mass is 492 g/mol. The zero-order valence-corrected chi connectivity index (χ0v) is 20.0. The summed E-state index contributed by atoms with van der Waals surface area (Å²) >= 11 is 0. The van der Waals surface area contributed by atoms with Crippen LogP contribution in [-0.2, 0) is 4.74 Å². The van der Waals surface area contributed by atoms with Gasteiger partial charge in [0, 0.05) is 43.7 Å². The average Bonchev–Trinajstić information content (AvgIpc) is 2.59. The Morgan fingerprint density at radius 3 is 2.44 bits per heavy atom. The second-order valence-electron chi connectivity index (χ2n) is 8.40. The summed E-state index contributed by atoms with van der Waals surface area (Å²) in [4.78, 5) is 7.36. The summed E-state index contributed by atoms with van der Waals surface area (Å²) in [5.74, 6) is 1.03. The van der Waals surface area contributed by atoms with E-state index in [1.807, 2.05) is 0 Å². The second-order valence-corrected chi connectivity index (χ2v) is 8.40. The van der Waals surface area contributed by atoms with Gasteiger partial charge in [-0.05, 0) is 58.9 Å². The van der Waals surface area contributed by atoms with Crippen molar-refractivity contribution in [2.75, 3.05) is 32.8 Å². The molecule has 1 aliphatic heterocycles. The summed E-state index contributed by atoms with van der Waals surface area (Å²) in [6.45, 7) is 11.9. The number of aliphatic imine (C=N–C) groups is 1. The maximum Gasteiger partial charge on any atom is 0.191 e. The largest absolute Gasteiger partial charge is 0.378 e. The minimum Gasteiger partial charge on any atom is -0.378 e. The minimum absolute atomic E-state index is 0. The number of hydrogen-bond donors (Lipinski definition) is 2. The molecule has 2 unspecified atom stereocenters. The third kappa shape index (κ3) is 5.50. The molecule has 0 aromatic heterocycles. The molecule has 3 aliphatic rings. The third-order valence-electron chi connectivity index (χ3n) is 6.82. The molecule has 0 aromatic carbocycles.